The number of azo groups is 2. The highest BCUT2D eigenvalue weighted by Crippen LogP contribution is 2.26. The van der Waals surface area contributed by atoms with Crippen molar-refractivity contribution in [1.29, 1.82) is 0 Å². The molecular formula is C35H41Cl2N15O2. The maximum absolute atomic E-state index is 9.66. The van der Waals surface area contributed by atoms with E-state index >= 15 is 0 Å². The highest BCUT2D eigenvalue weighted by Gasteiger charge is 2.15. The molecule has 0 aliphatic heterocycles. The van der Waals surface area contributed by atoms with Crippen molar-refractivity contribution in [1.82, 2.24) is 24.1 Å². The molecule has 17 nitrogen and oxygen atoms in total. The molecule has 0 saturated carbocycles. The summed E-state index contributed by atoms with van der Waals surface area (Å²) in [7, 11) is 7.67. The molecule has 0 spiro atoms. The van der Waals surface area contributed by atoms with Crippen LogP contribution < -0.4 is 54.8 Å². The fourth-order valence-electron chi connectivity index (χ4n) is 5.11. The van der Waals surface area contributed by atoms with Gasteiger partial charge in [-0.1, -0.05) is 10.2 Å². The van der Waals surface area contributed by atoms with Crippen LogP contribution in [0.15, 0.2) is 118 Å². The van der Waals surface area contributed by atoms with Gasteiger partial charge in [0.1, 0.15) is 11.4 Å². The standard InChI is InChI=1S/C35H39N15O2.2ClH/c1-46-17-18-47(2)34(46)44-42-29-13-9-26(10-14-29)36-25-5-7-27(8-6-25)37-31-39-32(41-33(40-31)50(21-23-51)22-24-52)38-28-11-15-30(16-12-28)43-45-35-48(3)19-20-49(35)4;;/h5-20,51-52H,21-24H2,1-4H3,(H,37,39,40,41,42);2*1H. The minimum Gasteiger partial charge on any atom is -1.00 e. The van der Waals surface area contributed by atoms with E-state index in [4.69, 9.17) is 0 Å². The molecule has 19 heteroatoms. The fraction of sp³-hybridized carbons (Fsp3) is 0.229. The Morgan fingerprint density at radius 2 is 0.944 bits per heavy atom. The number of benzene rings is 3. The van der Waals surface area contributed by atoms with Gasteiger partial charge in [-0.05, 0) is 72.8 Å². The van der Waals surface area contributed by atoms with Crippen molar-refractivity contribution < 1.29 is 44.2 Å². The number of anilines is 7. The van der Waals surface area contributed by atoms with E-state index in [9.17, 15) is 10.2 Å². The van der Waals surface area contributed by atoms with Gasteiger partial charge in [0.15, 0.2) is 0 Å². The number of aryl methyl sites for hydroxylation is 4. The lowest BCUT2D eigenvalue weighted by molar-refractivity contribution is -0.657. The van der Waals surface area contributed by atoms with E-state index in [1.807, 2.05) is 144 Å². The molecule has 0 saturated heterocycles. The third kappa shape index (κ3) is 10.5. The molecule has 0 bridgehead atoms. The van der Waals surface area contributed by atoms with Gasteiger partial charge in [-0.25, -0.2) is 18.3 Å². The summed E-state index contributed by atoms with van der Waals surface area (Å²) in [6.45, 7) is 0.194. The molecule has 5 N–H and O–H groups in total. The van der Waals surface area contributed by atoms with Crippen molar-refractivity contribution in [3.05, 3.63) is 97.6 Å². The normalized spacial score (nSPS) is 11.0. The number of nitrogens with zero attached hydrogens (tertiary/aromatic N) is 12. The average molecular weight is 775 g/mol. The lowest BCUT2D eigenvalue weighted by atomic mass is 10.2. The molecule has 54 heavy (non-hydrogen) atoms. The maximum atomic E-state index is 9.66. The van der Waals surface area contributed by atoms with E-state index in [1.54, 1.807) is 4.90 Å². The molecule has 6 aromatic rings. The summed E-state index contributed by atoms with van der Waals surface area (Å²) in [4.78, 5) is 15.5. The molecule has 0 unspecified atom stereocenters. The number of aliphatic hydroxyl groups is 2. The van der Waals surface area contributed by atoms with Crippen molar-refractivity contribution in [2.24, 2.45) is 48.6 Å². The molecule has 0 atom stereocenters. The van der Waals surface area contributed by atoms with E-state index in [0.717, 1.165) is 34.4 Å². The van der Waals surface area contributed by atoms with Crippen LogP contribution in [0.25, 0.3) is 0 Å². The predicted molar refractivity (Wildman–Crippen MR) is 197 cm³/mol. The predicted octanol–water partition coefficient (Wildman–Crippen LogP) is -0.942. The van der Waals surface area contributed by atoms with Crippen LogP contribution in [-0.4, -0.2) is 60.6 Å². The number of nitrogens with one attached hydrogen (secondary N) is 3. The molecule has 0 fully saturated rings. The van der Waals surface area contributed by atoms with Crippen molar-refractivity contribution in [3.8, 4) is 0 Å². The summed E-state index contributed by atoms with van der Waals surface area (Å²) in [6, 6.07) is 22.7. The zero-order valence-corrected chi connectivity index (χ0v) is 31.6. The Bertz CT molecular complexity index is 2110. The summed E-state index contributed by atoms with van der Waals surface area (Å²) in [6.07, 6.45) is 7.67. The van der Waals surface area contributed by atoms with Gasteiger partial charge in [0, 0.05) is 46.1 Å². The Morgan fingerprint density at radius 3 is 1.30 bits per heavy atom. The topological polar surface area (TPSA) is 186 Å². The van der Waals surface area contributed by atoms with Crippen LogP contribution in [0.2, 0.25) is 0 Å². The second-order valence-corrected chi connectivity index (χ2v) is 11.8. The molecule has 3 aromatic heterocycles. The van der Waals surface area contributed by atoms with Crippen molar-refractivity contribution in [2.45, 2.75) is 0 Å². The monoisotopic (exact) mass is 773 g/mol. The summed E-state index contributed by atoms with van der Waals surface area (Å²) < 4.78 is 7.57. The first-order chi connectivity index (χ1) is 25.3. The van der Waals surface area contributed by atoms with Crippen molar-refractivity contribution >= 4 is 63.9 Å². The molecule has 0 aliphatic carbocycles. The summed E-state index contributed by atoms with van der Waals surface area (Å²) in [5, 5.41) is 46.6. The fourth-order valence-corrected chi connectivity index (χ4v) is 5.11. The number of halogens is 2. The zero-order valence-electron chi connectivity index (χ0n) is 30.1. The first kappa shape index (κ1) is 40.8. The molecule has 282 valence electrons. The third-order valence-corrected chi connectivity index (χ3v) is 7.87. The van der Waals surface area contributed by atoms with Crippen molar-refractivity contribution in [3.63, 3.8) is 0 Å². The van der Waals surface area contributed by atoms with E-state index in [-0.39, 0.29) is 63.0 Å². The van der Waals surface area contributed by atoms with Crippen LogP contribution >= 0.6 is 0 Å². The number of aromatic nitrogens is 7. The number of aliphatic hydroxyl groups excluding tert-OH is 2. The smallest absolute Gasteiger partial charge is 0.421 e. The first-order valence-electron chi connectivity index (χ1n) is 16.5. The van der Waals surface area contributed by atoms with Crippen LogP contribution in [0.4, 0.5) is 63.9 Å². The Morgan fingerprint density at radius 1 is 0.574 bits per heavy atom. The number of hydrogen-bond acceptors (Lipinski definition) is 13. The quantitative estimate of drug-likeness (QED) is 0.0649. The molecule has 0 aliphatic rings. The first-order valence-corrected chi connectivity index (χ1v) is 16.5. The SMILES string of the molecule is Cn1cc[n+](C)c1N=Nc1ccc(Nc2ccc(Nc3nc(Nc4ccc(N=Nc5n(C)cc[n+]5C)cc4)nc(N(CCO)CCO)n3)cc2)cc1.[Cl-].[Cl-]. The third-order valence-electron chi connectivity index (χ3n) is 7.87. The van der Waals surface area contributed by atoms with Gasteiger partial charge >= 0.3 is 11.9 Å². The van der Waals surface area contributed by atoms with Crippen LogP contribution in [-0.2, 0) is 28.2 Å². The Balaban J connectivity index is 0.00000325. The van der Waals surface area contributed by atoms with E-state index in [0.29, 0.717) is 17.6 Å². The lowest BCUT2D eigenvalue weighted by Gasteiger charge is -2.21. The molecule has 0 amide bonds. The van der Waals surface area contributed by atoms with Crippen LogP contribution in [0.1, 0.15) is 0 Å². The van der Waals surface area contributed by atoms with E-state index in [2.05, 4.69) is 51.4 Å². The van der Waals surface area contributed by atoms with E-state index < -0.39 is 0 Å². The van der Waals surface area contributed by atoms with Crippen molar-refractivity contribution in [2.75, 3.05) is 47.2 Å². The van der Waals surface area contributed by atoms with Gasteiger partial charge in [-0.2, -0.15) is 15.0 Å². The summed E-state index contributed by atoms with van der Waals surface area (Å²) >= 11 is 0. The van der Waals surface area contributed by atoms with Gasteiger partial charge in [-0.15, -0.1) is 0 Å². The number of hydrogen-bond donors (Lipinski definition) is 5. The van der Waals surface area contributed by atoms with Gasteiger partial charge in [0.05, 0.1) is 66.2 Å². The zero-order chi connectivity index (χ0) is 36.5. The van der Waals surface area contributed by atoms with Crippen LogP contribution in [0.5, 0.6) is 0 Å². The second kappa shape index (κ2) is 19.2. The minimum absolute atomic E-state index is 0. The largest absolute Gasteiger partial charge is 1.00 e. The number of imidazole rings is 2. The van der Waals surface area contributed by atoms with Gasteiger partial charge in [-0.3, -0.25) is 0 Å². The minimum atomic E-state index is -0.137. The Kier molecular flexibility index (Phi) is 14.5. The summed E-state index contributed by atoms with van der Waals surface area (Å²) in [5.41, 5.74) is 4.67. The second-order valence-electron chi connectivity index (χ2n) is 11.8. The van der Waals surface area contributed by atoms with Gasteiger partial charge < -0.3 is 55.9 Å². The van der Waals surface area contributed by atoms with Gasteiger partial charge in [0.2, 0.25) is 17.8 Å². The summed E-state index contributed by atoms with van der Waals surface area (Å²) in [5.74, 6) is 2.31. The molecule has 3 heterocycles. The molecule has 3 aromatic carbocycles. The number of rotatable bonds is 15. The highest BCUT2D eigenvalue weighted by molar-refractivity contribution is 5.66. The van der Waals surface area contributed by atoms with Crippen LogP contribution in [0.3, 0.4) is 0 Å². The average Bonchev–Trinajstić information content (AvgIpc) is 3.65. The molecule has 6 rings (SSSR count). The molecule has 0 radical (unpaired) electrons. The van der Waals surface area contributed by atoms with Gasteiger partial charge in [0.25, 0.3) is 0 Å². The highest BCUT2D eigenvalue weighted by atomic mass is 35.5. The lowest BCUT2D eigenvalue weighted by Crippen LogP contribution is -3.00. The Hall–Kier alpha value is -6.01. The van der Waals surface area contributed by atoms with E-state index in [1.165, 1.54) is 0 Å². The Labute approximate surface area is 324 Å². The molecular weight excluding hydrogens is 733 g/mol. The maximum Gasteiger partial charge on any atom is 0.421 e. The van der Waals surface area contributed by atoms with Crippen LogP contribution in [0, 0.1) is 0 Å².